The Morgan fingerprint density at radius 1 is 1.53 bits per heavy atom. The highest BCUT2D eigenvalue weighted by atomic mass is 19.1. The summed E-state index contributed by atoms with van der Waals surface area (Å²) in [7, 11) is 3.76. The number of nitrogens with one attached hydrogen (secondary N) is 1. The monoisotopic (exact) mass is 241 g/mol. The summed E-state index contributed by atoms with van der Waals surface area (Å²) in [4.78, 5) is 6.10. The zero-order valence-electron chi connectivity index (χ0n) is 10.7. The number of anilines is 1. The zero-order valence-corrected chi connectivity index (χ0v) is 10.7. The molecule has 0 atom stereocenters. The van der Waals surface area contributed by atoms with E-state index in [4.69, 9.17) is 4.74 Å². The lowest BCUT2D eigenvalue weighted by Gasteiger charge is -2.21. The van der Waals surface area contributed by atoms with Crippen molar-refractivity contribution in [1.82, 2.24) is 10.3 Å². The zero-order chi connectivity index (χ0) is 12.7. The van der Waals surface area contributed by atoms with Crippen molar-refractivity contribution in [3.05, 3.63) is 23.6 Å². The summed E-state index contributed by atoms with van der Waals surface area (Å²) in [6.45, 7) is 4.64. The van der Waals surface area contributed by atoms with Crippen LogP contribution in [0, 0.1) is 5.82 Å². The van der Waals surface area contributed by atoms with Crippen LogP contribution in [0.15, 0.2) is 12.3 Å². The van der Waals surface area contributed by atoms with Crippen LogP contribution in [-0.4, -0.2) is 38.8 Å². The van der Waals surface area contributed by atoms with Gasteiger partial charge in [-0.25, -0.2) is 9.37 Å². The van der Waals surface area contributed by atoms with E-state index in [1.165, 1.54) is 12.3 Å². The molecular weight excluding hydrogens is 221 g/mol. The molecule has 1 aromatic heterocycles. The third-order valence-electron chi connectivity index (χ3n) is 2.41. The van der Waals surface area contributed by atoms with Crippen molar-refractivity contribution < 1.29 is 9.13 Å². The van der Waals surface area contributed by atoms with Crippen LogP contribution < -0.4 is 10.2 Å². The first kappa shape index (κ1) is 13.9. The van der Waals surface area contributed by atoms with E-state index in [1.54, 1.807) is 0 Å². The summed E-state index contributed by atoms with van der Waals surface area (Å²) < 4.78 is 18.4. The highest BCUT2D eigenvalue weighted by molar-refractivity contribution is 5.46. The molecule has 0 radical (unpaired) electrons. The van der Waals surface area contributed by atoms with E-state index >= 15 is 0 Å². The molecule has 0 spiro atoms. The number of aromatic nitrogens is 1. The number of likely N-dealkylation sites (N-methyl/N-ethyl adjacent to an activating group) is 1. The predicted octanol–water partition coefficient (Wildman–Crippen LogP) is 1.41. The van der Waals surface area contributed by atoms with Crippen LogP contribution in [0.4, 0.5) is 10.2 Å². The second-order valence-electron chi connectivity index (χ2n) is 3.79. The van der Waals surface area contributed by atoms with E-state index in [0.717, 1.165) is 17.9 Å². The third kappa shape index (κ3) is 4.28. The fourth-order valence-corrected chi connectivity index (χ4v) is 1.59. The fourth-order valence-electron chi connectivity index (χ4n) is 1.59. The molecule has 4 nitrogen and oxygen atoms in total. The smallest absolute Gasteiger partial charge is 0.141 e. The number of nitrogens with zero attached hydrogens (tertiary/aromatic N) is 2. The minimum absolute atomic E-state index is 0.308. The quantitative estimate of drug-likeness (QED) is 0.732. The van der Waals surface area contributed by atoms with Gasteiger partial charge in [0, 0.05) is 32.3 Å². The molecule has 17 heavy (non-hydrogen) atoms. The summed E-state index contributed by atoms with van der Waals surface area (Å²) >= 11 is 0. The van der Waals surface area contributed by atoms with Crippen molar-refractivity contribution in [2.24, 2.45) is 0 Å². The maximum Gasteiger partial charge on any atom is 0.141 e. The summed E-state index contributed by atoms with van der Waals surface area (Å²) in [5.74, 6) is 0.484. The van der Waals surface area contributed by atoms with Crippen LogP contribution >= 0.6 is 0 Å². The van der Waals surface area contributed by atoms with E-state index < -0.39 is 0 Å². The lowest BCUT2D eigenvalue weighted by molar-refractivity contribution is 0.154. The minimum atomic E-state index is -0.308. The highest BCUT2D eigenvalue weighted by Crippen LogP contribution is 2.16. The van der Waals surface area contributed by atoms with Gasteiger partial charge in [0.2, 0.25) is 0 Å². The second kappa shape index (κ2) is 7.19. The largest absolute Gasteiger partial charge is 0.380 e. The Balaban J connectivity index is 2.73. The summed E-state index contributed by atoms with van der Waals surface area (Å²) in [5.41, 5.74) is 0.853. The van der Waals surface area contributed by atoms with Gasteiger partial charge in [0.15, 0.2) is 0 Å². The predicted molar refractivity (Wildman–Crippen MR) is 66.7 cm³/mol. The molecule has 0 saturated heterocycles. The van der Waals surface area contributed by atoms with Gasteiger partial charge < -0.3 is 15.0 Å². The normalized spacial score (nSPS) is 10.6. The van der Waals surface area contributed by atoms with E-state index in [1.807, 2.05) is 25.9 Å². The molecule has 1 aromatic rings. The molecule has 0 unspecified atom stereocenters. The van der Waals surface area contributed by atoms with E-state index in [9.17, 15) is 4.39 Å². The van der Waals surface area contributed by atoms with Crippen molar-refractivity contribution in [1.29, 1.82) is 0 Å². The summed E-state index contributed by atoms with van der Waals surface area (Å²) in [6, 6.07) is 1.51. The Kier molecular flexibility index (Phi) is 5.86. The number of halogens is 1. The average Bonchev–Trinajstić information content (AvgIpc) is 2.30. The lowest BCUT2D eigenvalue weighted by atomic mass is 10.2. The maximum atomic E-state index is 13.1. The Morgan fingerprint density at radius 3 is 2.94 bits per heavy atom. The van der Waals surface area contributed by atoms with Crippen LogP contribution in [0.25, 0.3) is 0 Å². The SMILES string of the molecule is CCOCCN(C)c1ncc(F)cc1CNC. The van der Waals surface area contributed by atoms with Gasteiger partial charge in [0.05, 0.1) is 12.8 Å². The number of hydrogen-bond acceptors (Lipinski definition) is 4. The van der Waals surface area contributed by atoms with Crippen LogP contribution in [0.2, 0.25) is 0 Å². The minimum Gasteiger partial charge on any atom is -0.380 e. The fraction of sp³-hybridized carbons (Fsp3) is 0.583. The molecule has 96 valence electrons. The van der Waals surface area contributed by atoms with Crippen molar-refractivity contribution in [3.8, 4) is 0 Å². The molecule has 0 aliphatic rings. The molecule has 0 saturated carbocycles. The molecule has 0 bridgehead atoms. The number of rotatable bonds is 7. The Labute approximate surface area is 102 Å². The summed E-state index contributed by atoms with van der Waals surface area (Å²) in [5, 5.41) is 3.01. The van der Waals surface area contributed by atoms with Crippen molar-refractivity contribution in [2.45, 2.75) is 13.5 Å². The molecule has 5 heteroatoms. The summed E-state index contributed by atoms with van der Waals surface area (Å²) in [6.07, 6.45) is 1.24. The van der Waals surface area contributed by atoms with E-state index in [2.05, 4.69) is 10.3 Å². The molecule has 1 heterocycles. The van der Waals surface area contributed by atoms with Gasteiger partial charge in [-0.15, -0.1) is 0 Å². The molecule has 0 aliphatic carbocycles. The Hall–Kier alpha value is -1.20. The van der Waals surface area contributed by atoms with Gasteiger partial charge in [0.25, 0.3) is 0 Å². The molecule has 1 N–H and O–H groups in total. The van der Waals surface area contributed by atoms with Gasteiger partial charge in [-0.3, -0.25) is 0 Å². The molecule has 0 aromatic carbocycles. The number of hydrogen-bond donors (Lipinski definition) is 1. The van der Waals surface area contributed by atoms with Gasteiger partial charge in [-0.05, 0) is 20.0 Å². The molecule has 0 amide bonds. The third-order valence-corrected chi connectivity index (χ3v) is 2.41. The maximum absolute atomic E-state index is 13.1. The van der Waals surface area contributed by atoms with Gasteiger partial charge in [-0.2, -0.15) is 0 Å². The van der Waals surface area contributed by atoms with Gasteiger partial charge in [-0.1, -0.05) is 0 Å². The van der Waals surface area contributed by atoms with Crippen LogP contribution in [0.3, 0.4) is 0 Å². The lowest BCUT2D eigenvalue weighted by Crippen LogP contribution is -2.25. The molecular formula is C12H20FN3O. The van der Waals surface area contributed by atoms with E-state index in [-0.39, 0.29) is 5.82 Å². The van der Waals surface area contributed by atoms with Crippen LogP contribution in [-0.2, 0) is 11.3 Å². The van der Waals surface area contributed by atoms with Gasteiger partial charge >= 0.3 is 0 Å². The first-order valence-electron chi connectivity index (χ1n) is 5.77. The Morgan fingerprint density at radius 2 is 2.29 bits per heavy atom. The first-order chi connectivity index (χ1) is 8.19. The van der Waals surface area contributed by atoms with E-state index in [0.29, 0.717) is 19.8 Å². The number of ether oxygens (including phenoxy) is 1. The van der Waals surface area contributed by atoms with Crippen molar-refractivity contribution in [2.75, 3.05) is 38.8 Å². The van der Waals surface area contributed by atoms with Crippen molar-refractivity contribution in [3.63, 3.8) is 0 Å². The van der Waals surface area contributed by atoms with Crippen molar-refractivity contribution >= 4 is 5.82 Å². The topological polar surface area (TPSA) is 37.4 Å². The first-order valence-corrected chi connectivity index (χ1v) is 5.77. The Bertz CT molecular complexity index is 347. The van der Waals surface area contributed by atoms with Crippen LogP contribution in [0.5, 0.6) is 0 Å². The van der Waals surface area contributed by atoms with Gasteiger partial charge in [0.1, 0.15) is 11.6 Å². The molecule has 1 rings (SSSR count). The molecule has 0 fully saturated rings. The van der Waals surface area contributed by atoms with Crippen LogP contribution in [0.1, 0.15) is 12.5 Å². The molecule has 0 aliphatic heterocycles. The standard InChI is InChI=1S/C12H20FN3O/c1-4-17-6-5-16(3)12-10(8-14-2)7-11(13)9-15-12/h7,9,14H,4-6,8H2,1-3H3. The highest BCUT2D eigenvalue weighted by Gasteiger charge is 2.09. The number of pyridine rings is 1. The average molecular weight is 241 g/mol. The second-order valence-corrected chi connectivity index (χ2v) is 3.79.